The van der Waals surface area contributed by atoms with Gasteiger partial charge in [0, 0.05) is 16.7 Å². The van der Waals surface area contributed by atoms with Crippen molar-refractivity contribution >= 4 is 29.1 Å². The van der Waals surface area contributed by atoms with Crippen molar-refractivity contribution in [2.75, 3.05) is 18.5 Å². The molecule has 0 fully saturated rings. The molecular formula is C20H23ClN2O4. The summed E-state index contributed by atoms with van der Waals surface area (Å²) in [7, 11) is 0. The zero-order chi connectivity index (χ0) is 19.8. The van der Waals surface area contributed by atoms with Gasteiger partial charge in [0.05, 0.1) is 18.9 Å². The Morgan fingerprint density at radius 1 is 1.04 bits per heavy atom. The second-order valence-electron chi connectivity index (χ2n) is 5.72. The van der Waals surface area contributed by atoms with Gasteiger partial charge in [0.25, 0.3) is 5.91 Å². The van der Waals surface area contributed by atoms with E-state index in [1.54, 1.807) is 49.4 Å². The molecule has 2 rings (SSSR count). The highest BCUT2D eigenvalue weighted by molar-refractivity contribution is 6.30. The number of carbonyl (C=O) groups excluding carboxylic acids is 2. The van der Waals surface area contributed by atoms with E-state index in [1.807, 2.05) is 13.8 Å². The second-order valence-corrected chi connectivity index (χ2v) is 6.15. The molecule has 0 radical (unpaired) electrons. The summed E-state index contributed by atoms with van der Waals surface area (Å²) in [4.78, 5) is 24.8. The predicted molar refractivity (Wildman–Crippen MR) is 106 cm³/mol. The van der Waals surface area contributed by atoms with Gasteiger partial charge in [-0.15, -0.1) is 0 Å². The van der Waals surface area contributed by atoms with Crippen molar-refractivity contribution in [3.05, 3.63) is 53.1 Å². The second kappa shape index (κ2) is 9.83. The Balaban J connectivity index is 2.07. The van der Waals surface area contributed by atoms with Crippen LogP contribution in [0.15, 0.2) is 42.5 Å². The lowest BCUT2D eigenvalue weighted by atomic mass is 10.2. The van der Waals surface area contributed by atoms with Crippen LogP contribution in [0.1, 0.15) is 31.1 Å². The highest BCUT2D eigenvalue weighted by atomic mass is 35.5. The van der Waals surface area contributed by atoms with Crippen LogP contribution in [0.2, 0.25) is 5.02 Å². The van der Waals surface area contributed by atoms with Gasteiger partial charge in [-0.2, -0.15) is 0 Å². The monoisotopic (exact) mass is 390 g/mol. The fourth-order valence-corrected chi connectivity index (χ4v) is 2.46. The summed E-state index contributed by atoms with van der Waals surface area (Å²) in [5, 5.41) is 5.98. The van der Waals surface area contributed by atoms with E-state index in [-0.39, 0.29) is 11.8 Å². The molecule has 0 saturated heterocycles. The van der Waals surface area contributed by atoms with Crippen LogP contribution in [0.5, 0.6) is 11.5 Å². The lowest BCUT2D eigenvalue weighted by Crippen LogP contribution is -2.41. The zero-order valence-electron chi connectivity index (χ0n) is 15.5. The van der Waals surface area contributed by atoms with Crippen molar-refractivity contribution in [1.82, 2.24) is 5.32 Å². The lowest BCUT2D eigenvalue weighted by molar-refractivity contribution is -0.117. The smallest absolute Gasteiger partial charge is 0.251 e. The van der Waals surface area contributed by atoms with Crippen LogP contribution < -0.4 is 20.1 Å². The van der Waals surface area contributed by atoms with Gasteiger partial charge in [0.2, 0.25) is 5.91 Å². The molecule has 2 aromatic rings. The third-order valence-corrected chi connectivity index (χ3v) is 3.92. The van der Waals surface area contributed by atoms with Gasteiger partial charge in [0.1, 0.15) is 17.5 Å². The Labute approximate surface area is 163 Å². The molecule has 0 aromatic heterocycles. The van der Waals surface area contributed by atoms with Crippen molar-refractivity contribution in [3.63, 3.8) is 0 Å². The normalized spacial score (nSPS) is 11.4. The van der Waals surface area contributed by atoms with Crippen LogP contribution in [-0.4, -0.2) is 31.1 Å². The van der Waals surface area contributed by atoms with Crippen LogP contribution in [0, 0.1) is 0 Å². The number of benzene rings is 2. The fraction of sp³-hybridized carbons (Fsp3) is 0.300. The molecule has 0 aliphatic carbocycles. The highest BCUT2D eigenvalue weighted by Gasteiger charge is 2.18. The van der Waals surface area contributed by atoms with Crippen LogP contribution in [-0.2, 0) is 4.79 Å². The van der Waals surface area contributed by atoms with E-state index in [1.165, 1.54) is 0 Å². The zero-order valence-corrected chi connectivity index (χ0v) is 16.3. The van der Waals surface area contributed by atoms with Crippen LogP contribution in [0.4, 0.5) is 5.69 Å². The molecule has 0 heterocycles. The molecule has 2 N–H and O–H groups in total. The maximum atomic E-state index is 12.5. The standard InChI is InChI=1S/C20H23ClN2O4/c1-4-26-16-10-11-18(27-5-2)17(12-16)23-19(24)13(3)22-20(25)14-6-8-15(21)9-7-14/h6-13H,4-5H2,1-3H3,(H,22,25)(H,23,24). The molecule has 2 amide bonds. The number of amides is 2. The summed E-state index contributed by atoms with van der Waals surface area (Å²) in [5.74, 6) is 0.425. The molecule has 1 unspecified atom stereocenters. The average Bonchev–Trinajstić information content (AvgIpc) is 2.64. The number of nitrogens with one attached hydrogen (secondary N) is 2. The van der Waals surface area contributed by atoms with Gasteiger partial charge in [-0.3, -0.25) is 9.59 Å². The average molecular weight is 391 g/mol. The maximum absolute atomic E-state index is 12.5. The summed E-state index contributed by atoms with van der Waals surface area (Å²) in [6.45, 7) is 6.31. The molecule has 7 heteroatoms. The van der Waals surface area contributed by atoms with Gasteiger partial charge >= 0.3 is 0 Å². The Morgan fingerprint density at radius 3 is 2.33 bits per heavy atom. The molecule has 0 saturated carbocycles. The van der Waals surface area contributed by atoms with Gasteiger partial charge in [-0.05, 0) is 57.2 Å². The molecule has 0 spiro atoms. The molecule has 6 nitrogen and oxygen atoms in total. The summed E-state index contributed by atoms with van der Waals surface area (Å²) in [6, 6.07) is 10.9. The number of halogens is 1. The number of ether oxygens (including phenoxy) is 2. The van der Waals surface area contributed by atoms with E-state index in [0.717, 1.165) is 0 Å². The van der Waals surface area contributed by atoms with Crippen LogP contribution in [0.3, 0.4) is 0 Å². The van der Waals surface area contributed by atoms with Gasteiger partial charge < -0.3 is 20.1 Å². The first kappa shape index (κ1) is 20.6. The summed E-state index contributed by atoms with van der Waals surface area (Å²) >= 11 is 5.82. The summed E-state index contributed by atoms with van der Waals surface area (Å²) in [5.41, 5.74) is 0.910. The Hall–Kier alpha value is -2.73. The first-order valence-electron chi connectivity index (χ1n) is 8.71. The van der Waals surface area contributed by atoms with Gasteiger partial charge in [-0.25, -0.2) is 0 Å². The van der Waals surface area contributed by atoms with E-state index < -0.39 is 6.04 Å². The molecule has 2 aromatic carbocycles. The van der Waals surface area contributed by atoms with Crippen molar-refractivity contribution in [2.45, 2.75) is 26.8 Å². The van der Waals surface area contributed by atoms with Crippen LogP contribution in [0.25, 0.3) is 0 Å². The van der Waals surface area contributed by atoms with Crippen LogP contribution >= 0.6 is 11.6 Å². The van der Waals surface area contributed by atoms with Gasteiger partial charge in [-0.1, -0.05) is 11.6 Å². The Bertz CT molecular complexity index is 793. The minimum absolute atomic E-state index is 0.359. The first-order chi connectivity index (χ1) is 12.9. The highest BCUT2D eigenvalue weighted by Crippen LogP contribution is 2.29. The molecule has 0 aliphatic rings. The SMILES string of the molecule is CCOc1ccc(OCC)c(NC(=O)C(C)NC(=O)c2ccc(Cl)cc2)c1. The summed E-state index contributed by atoms with van der Waals surface area (Å²) in [6.07, 6.45) is 0. The molecule has 0 aliphatic heterocycles. The predicted octanol–water partition coefficient (Wildman–Crippen LogP) is 3.89. The molecule has 27 heavy (non-hydrogen) atoms. The van der Waals surface area contributed by atoms with E-state index in [4.69, 9.17) is 21.1 Å². The van der Waals surface area contributed by atoms with E-state index >= 15 is 0 Å². The molecular weight excluding hydrogens is 368 g/mol. The third kappa shape index (κ3) is 5.89. The minimum Gasteiger partial charge on any atom is -0.494 e. The Morgan fingerprint density at radius 2 is 1.70 bits per heavy atom. The fourth-order valence-electron chi connectivity index (χ4n) is 2.33. The quantitative estimate of drug-likeness (QED) is 0.716. The first-order valence-corrected chi connectivity index (χ1v) is 9.09. The maximum Gasteiger partial charge on any atom is 0.251 e. The summed E-state index contributed by atoms with van der Waals surface area (Å²) < 4.78 is 11.0. The molecule has 144 valence electrons. The Kier molecular flexibility index (Phi) is 7.49. The largest absolute Gasteiger partial charge is 0.494 e. The lowest BCUT2D eigenvalue weighted by Gasteiger charge is -2.17. The number of hydrogen-bond acceptors (Lipinski definition) is 4. The molecule has 1 atom stereocenters. The van der Waals surface area contributed by atoms with Crippen molar-refractivity contribution < 1.29 is 19.1 Å². The molecule has 0 bridgehead atoms. The van der Waals surface area contributed by atoms with Crippen molar-refractivity contribution in [2.24, 2.45) is 0 Å². The topological polar surface area (TPSA) is 76.7 Å². The van der Waals surface area contributed by atoms with E-state index in [0.29, 0.717) is 41.0 Å². The van der Waals surface area contributed by atoms with Crippen molar-refractivity contribution in [1.29, 1.82) is 0 Å². The number of carbonyl (C=O) groups is 2. The number of anilines is 1. The van der Waals surface area contributed by atoms with E-state index in [9.17, 15) is 9.59 Å². The van der Waals surface area contributed by atoms with E-state index in [2.05, 4.69) is 10.6 Å². The minimum atomic E-state index is -0.751. The van der Waals surface area contributed by atoms with Crippen molar-refractivity contribution in [3.8, 4) is 11.5 Å². The van der Waals surface area contributed by atoms with Gasteiger partial charge in [0.15, 0.2) is 0 Å². The number of hydrogen-bond donors (Lipinski definition) is 2. The number of rotatable bonds is 8. The third-order valence-electron chi connectivity index (χ3n) is 3.67.